The number of hydrogen-bond donors (Lipinski definition) is 1. The zero-order valence-corrected chi connectivity index (χ0v) is 10.8. The maximum atomic E-state index is 13.0. The van der Waals surface area contributed by atoms with Crippen molar-refractivity contribution in [3.63, 3.8) is 0 Å². The summed E-state index contributed by atoms with van der Waals surface area (Å²) in [6, 6.07) is 8.72. The summed E-state index contributed by atoms with van der Waals surface area (Å²) in [6.07, 6.45) is 0. The fraction of sp³-hybridized carbons (Fsp3) is 0.0667. The van der Waals surface area contributed by atoms with E-state index in [1.54, 1.807) is 18.2 Å². The third-order valence-corrected chi connectivity index (χ3v) is 2.74. The van der Waals surface area contributed by atoms with Gasteiger partial charge in [-0.25, -0.2) is 13.6 Å². The van der Waals surface area contributed by atoms with E-state index in [1.165, 1.54) is 6.07 Å². The highest BCUT2D eigenvalue weighted by molar-refractivity contribution is 5.94. The van der Waals surface area contributed by atoms with Crippen LogP contribution < -0.4 is 5.73 Å². The lowest BCUT2D eigenvalue weighted by molar-refractivity contribution is 0.0469. The predicted molar refractivity (Wildman–Crippen MR) is 70.4 cm³/mol. The van der Waals surface area contributed by atoms with Crippen molar-refractivity contribution in [2.75, 3.05) is 0 Å². The summed E-state index contributed by atoms with van der Waals surface area (Å²) in [6.45, 7) is -0.226. The summed E-state index contributed by atoms with van der Waals surface area (Å²) in [5.74, 6) is -3.30. The molecule has 0 aliphatic carbocycles. The van der Waals surface area contributed by atoms with Crippen LogP contribution >= 0.6 is 0 Å². The summed E-state index contributed by atoms with van der Waals surface area (Å²) >= 11 is 0. The second-order valence-electron chi connectivity index (χ2n) is 4.26. The van der Waals surface area contributed by atoms with E-state index in [1.807, 2.05) is 0 Å². The topological polar surface area (TPSA) is 69.4 Å². The molecule has 0 fully saturated rings. The first-order valence-corrected chi connectivity index (χ1v) is 5.98. The van der Waals surface area contributed by atoms with Crippen LogP contribution in [0.1, 0.15) is 26.3 Å². The Hall–Kier alpha value is -2.76. The molecule has 6 heteroatoms. The maximum Gasteiger partial charge on any atom is 0.338 e. The van der Waals surface area contributed by atoms with Crippen LogP contribution in [0.15, 0.2) is 42.5 Å². The van der Waals surface area contributed by atoms with E-state index in [4.69, 9.17) is 10.5 Å². The first-order valence-electron chi connectivity index (χ1n) is 5.98. The fourth-order valence-electron chi connectivity index (χ4n) is 1.78. The Morgan fingerprint density at radius 2 is 1.67 bits per heavy atom. The van der Waals surface area contributed by atoms with Gasteiger partial charge in [0.15, 0.2) is 0 Å². The van der Waals surface area contributed by atoms with Crippen molar-refractivity contribution in [2.45, 2.75) is 6.61 Å². The average Bonchev–Trinajstić information content (AvgIpc) is 2.43. The first-order chi connectivity index (χ1) is 9.97. The van der Waals surface area contributed by atoms with Crippen LogP contribution in [-0.2, 0) is 11.3 Å². The Bertz CT molecular complexity index is 681. The molecule has 0 aromatic heterocycles. The molecule has 0 saturated heterocycles. The molecule has 2 N–H and O–H groups in total. The van der Waals surface area contributed by atoms with E-state index in [0.717, 1.165) is 12.1 Å². The van der Waals surface area contributed by atoms with Gasteiger partial charge in [0.05, 0.1) is 5.56 Å². The standard InChI is InChI=1S/C15H11F2NO3/c16-11-5-10(6-12(17)7-11)15(20)21-8-9-3-1-2-4-13(9)14(18)19/h1-7H,8H2,(H2,18,19). The number of carbonyl (C=O) groups excluding carboxylic acids is 2. The Morgan fingerprint density at radius 3 is 2.29 bits per heavy atom. The van der Waals surface area contributed by atoms with E-state index in [2.05, 4.69) is 0 Å². The van der Waals surface area contributed by atoms with E-state index in [9.17, 15) is 18.4 Å². The van der Waals surface area contributed by atoms with E-state index >= 15 is 0 Å². The minimum Gasteiger partial charge on any atom is -0.457 e. The van der Waals surface area contributed by atoms with Gasteiger partial charge in [0.25, 0.3) is 0 Å². The number of primary amides is 1. The molecule has 0 heterocycles. The number of nitrogens with two attached hydrogens (primary N) is 1. The molecular weight excluding hydrogens is 280 g/mol. The van der Waals surface area contributed by atoms with Crippen LogP contribution in [0, 0.1) is 11.6 Å². The highest BCUT2D eigenvalue weighted by Gasteiger charge is 2.13. The number of halogens is 2. The summed E-state index contributed by atoms with van der Waals surface area (Å²) in [5, 5.41) is 0. The van der Waals surface area contributed by atoms with Gasteiger partial charge in [0.1, 0.15) is 18.2 Å². The fourth-order valence-corrected chi connectivity index (χ4v) is 1.78. The van der Waals surface area contributed by atoms with E-state index in [0.29, 0.717) is 11.6 Å². The molecule has 1 amide bonds. The van der Waals surface area contributed by atoms with Gasteiger partial charge in [-0.2, -0.15) is 0 Å². The van der Waals surface area contributed by atoms with E-state index in [-0.39, 0.29) is 17.7 Å². The Kier molecular flexibility index (Phi) is 4.27. The number of rotatable bonds is 4. The lowest BCUT2D eigenvalue weighted by Gasteiger charge is -2.08. The largest absolute Gasteiger partial charge is 0.457 e. The molecule has 108 valence electrons. The van der Waals surface area contributed by atoms with E-state index < -0.39 is 23.5 Å². The number of carbonyl (C=O) groups is 2. The van der Waals surface area contributed by atoms with Crippen molar-refractivity contribution in [1.82, 2.24) is 0 Å². The molecule has 2 aromatic carbocycles. The average molecular weight is 291 g/mol. The Morgan fingerprint density at radius 1 is 1.05 bits per heavy atom. The highest BCUT2D eigenvalue weighted by atomic mass is 19.1. The number of esters is 1. The minimum atomic E-state index is -0.896. The van der Waals surface area contributed by atoms with Crippen LogP contribution in [0.3, 0.4) is 0 Å². The second kappa shape index (κ2) is 6.13. The van der Waals surface area contributed by atoms with Crippen LogP contribution in [0.25, 0.3) is 0 Å². The van der Waals surface area contributed by atoms with Crippen molar-refractivity contribution >= 4 is 11.9 Å². The van der Waals surface area contributed by atoms with Gasteiger partial charge in [-0.1, -0.05) is 18.2 Å². The molecule has 2 rings (SSSR count). The summed E-state index contributed by atoms with van der Waals surface area (Å²) in [5.41, 5.74) is 5.58. The molecule has 4 nitrogen and oxygen atoms in total. The first kappa shape index (κ1) is 14.6. The van der Waals surface area contributed by atoms with Gasteiger partial charge in [-0.15, -0.1) is 0 Å². The van der Waals surface area contributed by atoms with Crippen LogP contribution in [0.5, 0.6) is 0 Å². The highest BCUT2D eigenvalue weighted by Crippen LogP contribution is 2.13. The normalized spacial score (nSPS) is 10.2. The van der Waals surface area contributed by atoms with Crippen molar-refractivity contribution in [3.8, 4) is 0 Å². The van der Waals surface area contributed by atoms with Crippen LogP contribution in [0.2, 0.25) is 0 Å². The number of benzene rings is 2. The number of hydrogen-bond acceptors (Lipinski definition) is 3. The van der Waals surface area contributed by atoms with Gasteiger partial charge in [0, 0.05) is 17.2 Å². The van der Waals surface area contributed by atoms with Crippen LogP contribution in [0.4, 0.5) is 8.78 Å². The lowest BCUT2D eigenvalue weighted by Crippen LogP contribution is -2.15. The third-order valence-electron chi connectivity index (χ3n) is 2.74. The maximum absolute atomic E-state index is 13.0. The molecule has 0 spiro atoms. The molecule has 2 aromatic rings. The molecule has 0 unspecified atom stereocenters. The van der Waals surface area contributed by atoms with Gasteiger partial charge in [0.2, 0.25) is 5.91 Å². The van der Waals surface area contributed by atoms with Gasteiger partial charge < -0.3 is 10.5 Å². The quantitative estimate of drug-likeness (QED) is 0.879. The zero-order chi connectivity index (χ0) is 15.4. The van der Waals surface area contributed by atoms with Crippen molar-refractivity contribution in [3.05, 3.63) is 70.8 Å². The Labute approximate surface area is 119 Å². The third kappa shape index (κ3) is 3.62. The van der Waals surface area contributed by atoms with Crippen molar-refractivity contribution in [1.29, 1.82) is 0 Å². The van der Waals surface area contributed by atoms with Gasteiger partial charge >= 0.3 is 5.97 Å². The summed E-state index contributed by atoms with van der Waals surface area (Å²) in [4.78, 5) is 22.9. The summed E-state index contributed by atoms with van der Waals surface area (Å²) < 4.78 is 31.0. The molecule has 0 saturated carbocycles. The smallest absolute Gasteiger partial charge is 0.338 e. The Balaban J connectivity index is 2.13. The second-order valence-corrected chi connectivity index (χ2v) is 4.26. The predicted octanol–water partition coefficient (Wildman–Crippen LogP) is 2.42. The summed E-state index contributed by atoms with van der Waals surface area (Å²) in [7, 11) is 0. The van der Waals surface area contributed by atoms with Crippen molar-refractivity contribution in [2.24, 2.45) is 5.73 Å². The molecule has 21 heavy (non-hydrogen) atoms. The van der Waals surface area contributed by atoms with Crippen molar-refractivity contribution < 1.29 is 23.1 Å². The monoisotopic (exact) mass is 291 g/mol. The minimum absolute atomic E-state index is 0.218. The number of amides is 1. The SMILES string of the molecule is NC(=O)c1ccccc1COC(=O)c1cc(F)cc(F)c1. The zero-order valence-electron chi connectivity index (χ0n) is 10.8. The molecular formula is C15H11F2NO3. The van der Waals surface area contributed by atoms with Crippen LogP contribution in [-0.4, -0.2) is 11.9 Å². The van der Waals surface area contributed by atoms with Gasteiger partial charge in [-0.3, -0.25) is 4.79 Å². The lowest BCUT2D eigenvalue weighted by atomic mass is 10.1. The molecule has 0 aliphatic rings. The molecule has 0 radical (unpaired) electrons. The molecule has 0 bridgehead atoms. The number of ether oxygens (including phenoxy) is 1. The van der Waals surface area contributed by atoms with Gasteiger partial charge in [-0.05, 0) is 18.2 Å². The molecule has 0 aliphatic heterocycles. The molecule has 0 atom stereocenters.